The standard InChI is InChI=1S/C22H30N4O2/c1-4-25(5-2)22(28)23-14-10-16-15-8-7-9-18-21(15)17(19(13-27)24-18)11-20(16)26(6-3)12-14/h7-9,13-14,16,20,24H,4-6,10-12H2,1-3H3,(H,23,28)/t14-,16+,20+/m0/s1. The van der Waals surface area contributed by atoms with Crippen LogP contribution in [0.5, 0.6) is 0 Å². The van der Waals surface area contributed by atoms with Crippen molar-refractivity contribution in [3.8, 4) is 0 Å². The number of hydrogen-bond acceptors (Lipinski definition) is 3. The van der Waals surface area contributed by atoms with Gasteiger partial charge in [0.15, 0.2) is 6.29 Å². The summed E-state index contributed by atoms with van der Waals surface area (Å²) in [6.45, 7) is 9.44. The number of likely N-dealkylation sites (N-methyl/N-ethyl adjacent to an activating group) is 1. The van der Waals surface area contributed by atoms with Gasteiger partial charge in [0.05, 0.1) is 5.69 Å². The average Bonchev–Trinajstić information content (AvgIpc) is 3.08. The Morgan fingerprint density at radius 2 is 2.11 bits per heavy atom. The molecule has 1 aromatic carbocycles. The maximum Gasteiger partial charge on any atom is 0.317 e. The quantitative estimate of drug-likeness (QED) is 0.781. The fourth-order valence-electron chi connectivity index (χ4n) is 5.26. The van der Waals surface area contributed by atoms with Crippen molar-refractivity contribution in [2.45, 2.75) is 51.6 Å². The Labute approximate surface area is 166 Å². The van der Waals surface area contributed by atoms with Gasteiger partial charge in [-0.1, -0.05) is 19.1 Å². The van der Waals surface area contributed by atoms with Crippen molar-refractivity contribution in [1.82, 2.24) is 20.1 Å². The summed E-state index contributed by atoms with van der Waals surface area (Å²) in [6, 6.07) is 6.87. The van der Waals surface area contributed by atoms with Gasteiger partial charge in [-0.3, -0.25) is 9.69 Å². The molecule has 0 radical (unpaired) electrons. The molecule has 1 aliphatic carbocycles. The Balaban J connectivity index is 1.67. The summed E-state index contributed by atoms with van der Waals surface area (Å²) in [6.07, 6.45) is 2.78. The molecule has 0 bridgehead atoms. The lowest BCUT2D eigenvalue weighted by molar-refractivity contribution is 0.102. The van der Waals surface area contributed by atoms with Crippen molar-refractivity contribution in [1.29, 1.82) is 0 Å². The summed E-state index contributed by atoms with van der Waals surface area (Å²) in [5, 5.41) is 4.49. The highest BCUT2D eigenvalue weighted by atomic mass is 16.2. The summed E-state index contributed by atoms with van der Waals surface area (Å²) in [5.41, 5.74) is 4.23. The van der Waals surface area contributed by atoms with Gasteiger partial charge < -0.3 is 15.2 Å². The fourth-order valence-corrected chi connectivity index (χ4v) is 5.26. The number of aromatic nitrogens is 1. The minimum atomic E-state index is 0.0316. The molecule has 4 rings (SSSR count). The summed E-state index contributed by atoms with van der Waals surface area (Å²) in [5.74, 6) is 0.363. The Hall–Kier alpha value is -2.34. The monoisotopic (exact) mass is 382 g/mol. The number of urea groups is 1. The fraction of sp³-hybridized carbons (Fsp3) is 0.545. The Kier molecular flexibility index (Phi) is 5.15. The van der Waals surface area contributed by atoms with E-state index in [0.717, 1.165) is 56.4 Å². The third kappa shape index (κ3) is 3.00. The summed E-state index contributed by atoms with van der Waals surface area (Å²) in [7, 11) is 0. The number of nitrogens with one attached hydrogen (secondary N) is 2. The number of H-pyrrole nitrogens is 1. The van der Waals surface area contributed by atoms with E-state index in [1.54, 1.807) is 0 Å². The minimum absolute atomic E-state index is 0.0316. The number of rotatable bonds is 5. The lowest BCUT2D eigenvalue weighted by atomic mass is 9.73. The van der Waals surface area contributed by atoms with E-state index in [1.807, 2.05) is 18.7 Å². The smallest absolute Gasteiger partial charge is 0.317 e. The van der Waals surface area contributed by atoms with Crippen LogP contribution in [0, 0.1) is 0 Å². The van der Waals surface area contributed by atoms with Gasteiger partial charge in [-0.05, 0) is 50.4 Å². The van der Waals surface area contributed by atoms with E-state index in [1.165, 1.54) is 10.9 Å². The second-order valence-corrected chi connectivity index (χ2v) is 7.92. The van der Waals surface area contributed by atoms with Crippen LogP contribution in [0.25, 0.3) is 10.9 Å². The molecule has 2 heterocycles. The first kappa shape index (κ1) is 19.0. The summed E-state index contributed by atoms with van der Waals surface area (Å²) >= 11 is 0. The highest BCUT2D eigenvalue weighted by Crippen LogP contribution is 2.44. The molecule has 2 amide bonds. The second-order valence-electron chi connectivity index (χ2n) is 7.92. The normalized spacial score (nSPS) is 24.0. The number of aldehydes is 1. The molecule has 150 valence electrons. The van der Waals surface area contributed by atoms with Crippen LogP contribution >= 0.6 is 0 Å². The number of aromatic amines is 1. The predicted octanol–water partition coefficient (Wildman–Crippen LogP) is 3.13. The maximum absolute atomic E-state index is 12.6. The molecule has 0 saturated carbocycles. The van der Waals surface area contributed by atoms with E-state index < -0.39 is 0 Å². The molecule has 28 heavy (non-hydrogen) atoms. The molecule has 1 aliphatic heterocycles. The van der Waals surface area contributed by atoms with Crippen LogP contribution in [0.15, 0.2) is 18.2 Å². The van der Waals surface area contributed by atoms with Crippen molar-refractivity contribution in [2.24, 2.45) is 0 Å². The van der Waals surface area contributed by atoms with E-state index in [9.17, 15) is 9.59 Å². The first-order valence-corrected chi connectivity index (χ1v) is 10.5. The second kappa shape index (κ2) is 7.59. The van der Waals surface area contributed by atoms with Crippen LogP contribution in [0.1, 0.15) is 54.7 Å². The Morgan fingerprint density at radius 1 is 1.32 bits per heavy atom. The number of benzene rings is 1. The van der Waals surface area contributed by atoms with E-state index in [-0.39, 0.29) is 12.1 Å². The summed E-state index contributed by atoms with van der Waals surface area (Å²) < 4.78 is 0. The maximum atomic E-state index is 12.6. The first-order valence-electron chi connectivity index (χ1n) is 10.5. The molecule has 2 N–H and O–H groups in total. The van der Waals surface area contributed by atoms with Gasteiger partial charge in [-0.15, -0.1) is 0 Å². The average molecular weight is 383 g/mol. The molecule has 2 aliphatic rings. The first-order chi connectivity index (χ1) is 13.6. The van der Waals surface area contributed by atoms with Crippen molar-refractivity contribution < 1.29 is 9.59 Å². The van der Waals surface area contributed by atoms with Crippen molar-refractivity contribution in [3.05, 3.63) is 35.0 Å². The highest BCUT2D eigenvalue weighted by Gasteiger charge is 2.41. The molecule has 1 saturated heterocycles. The zero-order chi connectivity index (χ0) is 19.8. The zero-order valence-corrected chi connectivity index (χ0v) is 17.0. The SMILES string of the molecule is CCN(CC)C(=O)N[C@H]1C[C@@H]2c3cccc4[nH]c(C=O)c(c34)C[C@H]2N(CC)C1. The number of amides is 2. The Morgan fingerprint density at radius 3 is 2.79 bits per heavy atom. The minimum Gasteiger partial charge on any atom is -0.352 e. The molecule has 6 heteroatoms. The van der Waals surface area contributed by atoms with E-state index in [2.05, 4.69) is 40.3 Å². The van der Waals surface area contributed by atoms with Crippen molar-refractivity contribution in [2.75, 3.05) is 26.2 Å². The van der Waals surface area contributed by atoms with Gasteiger partial charge in [0.1, 0.15) is 0 Å². The number of likely N-dealkylation sites (tertiary alicyclic amines) is 1. The molecule has 0 unspecified atom stereocenters. The topological polar surface area (TPSA) is 68.4 Å². The number of fused-ring (bicyclic) bond motifs is 2. The number of carbonyl (C=O) groups is 2. The molecule has 1 fully saturated rings. The van der Waals surface area contributed by atoms with Crippen LogP contribution in [0.3, 0.4) is 0 Å². The van der Waals surface area contributed by atoms with Crippen LogP contribution in [0.4, 0.5) is 4.79 Å². The van der Waals surface area contributed by atoms with E-state index in [0.29, 0.717) is 17.7 Å². The molecule has 2 aromatic rings. The van der Waals surface area contributed by atoms with Crippen LogP contribution < -0.4 is 5.32 Å². The molecule has 1 aromatic heterocycles. The molecular weight excluding hydrogens is 352 g/mol. The third-order valence-electron chi connectivity index (χ3n) is 6.63. The number of carbonyl (C=O) groups excluding carboxylic acids is 2. The van der Waals surface area contributed by atoms with Crippen LogP contribution in [-0.2, 0) is 6.42 Å². The van der Waals surface area contributed by atoms with Gasteiger partial charge in [0.25, 0.3) is 0 Å². The zero-order valence-electron chi connectivity index (χ0n) is 17.0. The van der Waals surface area contributed by atoms with Gasteiger partial charge in [0.2, 0.25) is 0 Å². The predicted molar refractivity (Wildman–Crippen MR) is 111 cm³/mol. The van der Waals surface area contributed by atoms with E-state index >= 15 is 0 Å². The molecule has 6 nitrogen and oxygen atoms in total. The van der Waals surface area contributed by atoms with Gasteiger partial charge >= 0.3 is 6.03 Å². The molecule has 3 atom stereocenters. The lowest BCUT2D eigenvalue weighted by Crippen LogP contribution is -2.57. The largest absolute Gasteiger partial charge is 0.352 e. The number of hydrogen-bond donors (Lipinski definition) is 2. The van der Waals surface area contributed by atoms with E-state index in [4.69, 9.17) is 0 Å². The van der Waals surface area contributed by atoms with Gasteiger partial charge in [-0.25, -0.2) is 4.79 Å². The number of nitrogens with zero attached hydrogens (tertiary/aromatic N) is 2. The van der Waals surface area contributed by atoms with Gasteiger partial charge in [0, 0.05) is 48.5 Å². The van der Waals surface area contributed by atoms with Gasteiger partial charge in [-0.2, -0.15) is 0 Å². The lowest BCUT2D eigenvalue weighted by Gasteiger charge is -2.47. The van der Waals surface area contributed by atoms with Crippen molar-refractivity contribution >= 4 is 23.2 Å². The third-order valence-corrected chi connectivity index (χ3v) is 6.63. The number of piperidine rings is 1. The molecule has 0 spiro atoms. The highest BCUT2D eigenvalue weighted by molar-refractivity contribution is 5.95. The Bertz CT molecular complexity index is 886. The van der Waals surface area contributed by atoms with Crippen LogP contribution in [0.2, 0.25) is 0 Å². The van der Waals surface area contributed by atoms with Crippen LogP contribution in [-0.4, -0.2) is 65.4 Å². The molecular formula is C22H30N4O2. The summed E-state index contributed by atoms with van der Waals surface area (Å²) in [4.78, 5) is 31.8. The van der Waals surface area contributed by atoms with Crippen molar-refractivity contribution in [3.63, 3.8) is 0 Å².